The first kappa shape index (κ1) is 13.9. The van der Waals surface area contributed by atoms with Gasteiger partial charge in [-0.15, -0.1) is 0 Å². The van der Waals surface area contributed by atoms with Crippen LogP contribution in [0.4, 0.5) is 0 Å². The summed E-state index contributed by atoms with van der Waals surface area (Å²) >= 11 is 0. The molecule has 0 atom stereocenters. The molecule has 0 saturated carbocycles. The van der Waals surface area contributed by atoms with Crippen LogP contribution in [0.15, 0.2) is 10.7 Å². The van der Waals surface area contributed by atoms with Crippen LogP contribution in [-0.4, -0.2) is 25.8 Å². The maximum absolute atomic E-state index is 10.7. The molecular formula is C11H19NO4Si. The Balaban J connectivity index is 2.78. The molecule has 6 heteroatoms. The number of rotatable bonds is 4. The van der Waals surface area contributed by atoms with Crippen LogP contribution in [-0.2, 0) is 10.0 Å². The maximum Gasteiger partial charge on any atom is 0.357 e. The molecule has 0 radical (unpaired) electrons. The molecule has 0 aromatic carbocycles. The predicted octanol–water partition coefficient (Wildman–Crippen LogP) is 1.93. The molecule has 1 heterocycles. The van der Waals surface area contributed by atoms with Gasteiger partial charge in [0.1, 0.15) is 11.9 Å². The van der Waals surface area contributed by atoms with E-state index in [-0.39, 0.29) is 10.7 Å². The van der Waals surface area contributed by atoms with Gasteiger partial charge in [-0.05, 0) is 18.9 Å². The Morgan fingerprint density at radius 1 is 1.41 bits per heavy atom. The smallest absolute Gasteiger partial charge is 0.357 e. The van der Waals surface area contributed by atoms with Crippen molar-refractivity contribution in [3.8, 4) is 0 Å². The first-order chi connectivity index (χ1) is 7.62. The maximum atomic E-state index is 10.7. The summed E-state index contributed by atoms with van der Waals surface area (Å²) in [5, 5.41) is 8.93. The van der Waals surface area contributed by atoms with Gasteiger partial charge in [-0.1, -0.05) is 20.8 Å². The number of hydrogen-bond donors (Lipinski definition) is 1. The number of hydrogen-bond acceptors (Lipinski definition) is 4. The molecule has 0 fully saturated rings. The Bertz CT molecular complexity index is 406. The van der Waals surface area contributed by atoms with E-state index in [0.717, 1.165) is 6.26 Å². The fraction of sp³-hybridized carbons (Fsp3) is 0.636. The zero-order valence-electron chi connectivity index (χ0n) is 10.9. The summed E-state index contributed by atoms with van der Waals surface area (Å²) in [6, 6.07) is 0. The third-order valence-electron chi connectivity index (χ3n) is 2.10. The molecule has 5 nitrogen and oxygen atoms in total. The Hall–Kier alpha value is -1.14. The van der Waals surface area contributed by atoms with Gasteiger partial charge >= 0.3 is 5.97 Å². The lowest BCUT2D eigenvalue weighted by Crippen LogP contribution is -2.28. The molecule has 0 saturated heterocycles. The van der Waals surface area contributed by atoms with Crippen LogP contribution in [0.5, 0.6) is 0 Å². The van der Waals surface area contributed by atoms with E-state index in [9.17, 15) is 4.79 Å². The minimum absolute atomic E-state index is 0.0888. The first-order valence-corrected chi connectivity index (χ1v) is 6.73. The van der Waals surface area contributed by atoms with Gasteiger partial charge in [0.25, 0.3) is 0 Å². The number of aromatic nitrogens is 1. The highest BCUT2D eigenvalue weighted by Crippen LogP contribution is 2.28. The van der Waals surface area contributed by atoms with Crippen molar-refractivity contribution in [3.63, 3.8) is 0 Å². The van der Waals surface area contributed by atoms with Gasteiger partial charge in [0.2, 0.25) is 5.89 Å². The molecule has 0 amide bonds. The Morgan fingerprint density at radius 2 is 2.00 bits per heavy atom. The normalized spacial score (nSPS) is 13.5. The van der Waals surface area contributed by atoms with Crippen molar-refractivity contribution >= 4 is 15.7 Å². The zero-order valence-corrected chi connectivity index (χ0v) is 12.3. The Kier molecular flexibility index (Phi) is 3.78. The Labute approximate surface area is 103 Å². The highest BCUT2D eigenvalue weighted by Gasteiger charge is 2.30. The number of aromatic carboxylic acids is 1. The molecule has 0 aliphatic carbocycles. The molecule has 0 aliphatic rings. The zero-order chi connectivity index (χ0) is 13.3. The van der Waals surface area contributed by atoms with E-state index in [1.165, 1.54) is 0 Å². The minimum atomic E-state index is -1.09. The number of carboxylic acids is 1. The summed E-state index contributed by atoms with van der Waals surface area (Å²) in [5.41, 5.74) is -0.762. The number of nitrogens with zero attached hydrogens (tertiary/aromatic N) is 1. The van der Waals surface area contributed by atoms with Gasteiger partial charge in [0, 0.05) is 0 Å². The molecule has 1 rings (SSSR count). The van der Waals surface area contributed by atoms with Crippen LogP contribution in [0, 0.1) is 0 Å². The first-order valence-electron chi connectivity index (χ1n) is 5.45. The molecule has 1 aromatic heterocycles. The third kappa shape index (κ3) is 3.97. The molecule has 96 valence electrons. The lowest BCUT2D eigenvalue weighted by molar-refractivity contribution is 0.0688. The summed E-state index contributed by atoms with van der Waals surface area (Å²) in [5.74, 6) is -0.782. The van der Waals surface area contributed by atoms with Gasteiger partial charge in [0.15, 0.2) is 15.5 Å². The van der Waals surface area contributed by atoms with Crippen LogP contribution in [0.25, 0.3) is 0 Å². The molecule has 0 spiro atoms. The van der Waals surface area contributed by atoms with Crippen molar-refractivity contribution in [1.82, 2.24) is 4.98 Å². The average Bonchev–Trinajstić information content (AvgIpc) is 2.63. The van der Waals surface area contributed by atoms with Crippen molar-refractivity contribution < 1.29 is 18.7 Å². The highest BCUT2D eigenvalue weighted by atomic mass is 28.2. The summed E-state index contributed by atoms with van der Waals surface area (Å²) in [4.78, 5) is 14.6. The monoisotopic (exact) mass is 257 g/mol. The minimum Gasteiger partial charge on any atom is -0.476 e. The van der Waals surface area contributed by atoms with Gasteiger partial charge in [-0.2, -0.15) is 0 Å². The van der Waals surface area contributed by atoms with E-state index in [0.29, 0.717) is 5.89 Å². The third-order valence-corrected chi connectivity index (χ3v) is 3.84. The van der Waals surface area contributed by atoms with E-state index >= 15 is 0 Å². The van der Waals surface area contributed by atoms with E-state index < -0.39 is 21.3 Å². The van der Waals surface area contributed by atoms with E-state index in [1.807, 2.05) is 13.8 Å². The topological polar surface area (TPSA) is 72.6 Å². The summed E-state index contributed by atoms with van der Waals surface area (Å²) < 4.78 is 11.0. The van der Waals surface area contributed by atoms with Crippen molar-refractivity contribution in [2.75, 3.05) is 0 Å². The van der Waals surface area contributed by atoms with Crippen molar-refractivity contribution in [3.05, 3.63) is 17.8 Å². The molecule has 1 N–H and O–H groups in total. The molecular weight excluding hydrogens is 238 g/mol. The molecule has 1 aromatic rings. The lowest BCUT2D eigenvalue weighted by Gasteiger charge is -2.27. The largest absolute Gasteiger partial charge is 0.476 e. The fourth-order valence-corrected chi connectivity index (χ4v) is 2.02. The lowest BCUT2D eigenvalue weighted by atomic mass is 10.1. The van der Waals surface area contributed by atoms with Crippen molar-refractivity contribution in [1.29, 1.82) is 0 Å². The van der Waals surface area contributed by atoms with Gasteiger partial charge in [-0.25, -0.2) is 9.78 Å². The quantitative estimate of drug-likeness (QED) is 0.834. The predicted molar refractivity (Wildman–Crippen MR) is 65.8 cm³/mol. The second-order valence-electron chi connectivity index (χ2n) is 5.70. The van der Waals surface area contributed by atoms with Crippen molar-refractivity contribution in [2.45, 2.75) is 45.3 Å². The summed E-state index contributed by atoms with van der Waals surface area (Å²) in [7, 11) is -0.756. The molecule has 0 aliphatic heterocycles. The van der Waals surface area contributed by atoms with Crippen LogP contribution in [0.3, 0.4) is 0 Å². The summed E-state index contributed by atoms with van der Waals surface area (Å²) in [6.07, 6.45) is 1.14. The number of carboxylic acid groups (broad SMARTS) is 1. The average molecular weight is 257 g/mol. The van der Waals surface area contributed by atoms with Gasteiger partial charge in [-0.3, -0.25) is 0 Å². The second kappa shape index (κ2) is 4.62. The van der Waals surface area contributed by atoms with Crippen LogP contribution in [0.1, 0.15) is 51.0 Å². The fourth-order valence-electron chi connectivity index (χ4n) is 1.11. The number of carbonyl (C=O) groups is 1. The Morgan fingerprint density at radius 3 is 2.41 bits per heavy atom. The second-order valence-corrected chi connectivity index (χ2v) is 8.40. The molecule has 0 bridgehead atoms. The van der Waals surface area contributed by atoms with Crippen molar-refractivity contribution in [2.24, 2.45) is 0 Å². The summed E-state index contributed by atoms with van der Waals surface area (Å²) in [6.45, 7) is 10.0. The highest BCUT2D eigenvalue weighted by molar-refractivity contribution is 6.31. The van der Waals surface area contributed by atoms with E-state index in [1.54, 1.807) is 0 Å². The van der Waals surface area contributed by atoms with Crippen LogP contribution >= 0.6 is 0 Å². The van der Waals surface area contributed by atoms with Crippen LogP contribution in [0.2, 0.25) is 5.04 Å². The van der Waals surface area contributed by atoms with E-state index in [2.05, 4.69) is 25.8 Å². The van der Waals surface area contributed by atoms with Gasteiger partial charge < -0.3 is 13.9 Å². The van der Waals surface area contributed by atoms with Crippen LogP contribution < -0.4 is 0 Å². The molecule has 0 unspecified atom stereocenters. The van der Waals surface area contributed by atoms with Gasteiger partial charge in [0.05, 0.1) is 0 Å². The standard InChI is InChI=1S/C11H19NO4Si/c1-10(2,3)17-16-11(4,5)9-12-7(6-15-9)8(13)14/h6H,17H2,1-5H3,(H,13,14). The SMILES string of the molecule is CC(C)(C)[SiH2]OC(C)(C)c1nc(C(=O)O)co1. The molecule has 17 heavy (non-hydrogen) atoms. The van der Waals surface area contributed by atoms with E-state index in [4.69, 9.17) is 13.9 Å². The number of oxazole rings is 1.